The van der Waals surface area contributed by atoms with Gasteiger partial charge in [0, 0.05) is 32.5 Å². The van der Waals surface area contributed by atoms with Crippen molar-refractivity contribution in [3.63, 3.8) is 0 Å². The molecule has 1 fully saturated rings. The fourth-order valence-electron chi connectivity index (χ4n) is 1.60. The molecule has 1 aliphatic rings. The van der Waals surface area contributed by atoms with Gasteiger partial charge in [-0.3, -0.25) is 14.6 Å². The maximum atomic E-state index is 11.8. The van der Waals surface area contributed by atoms with Crippen LogP contribution in [0.2, 0.25) is 0 Å². The lowest BCUT2D eigenvalue weighted by molar-refractivity contribution is 0.391. The Morgan fingerprint density at radius 3 is 2.88 bits per heavy atom. The Morgan fingerprint density at radius 2 is 2.29 bits per heavy atom. The van der Waals surface area contributed by atoms with Gasteiger partial charge in [-0.2, -0.15) is 0 Å². The fraction of sp³-hybridized carbons (Fsp3) is 0.455. The minimum absolute atomic E-state index is 0.111. The van der Waals surface area contributed by atoms with Gasteiger partial charge >= 0.3 is 0 Å². The van der Waals surface area contributed by atoms with Crippen LogP contribution in [-0.2, 0) is 7.05 Å². The molecule has 0 unspecified atom stereocenters. The molecule has 0 spiro atoms. The van der Waals surface area contributed by atoms with E-state index in [-0.39, 0.29) is 5.56 Å². The average Bonchev–Trinajstić information content (AvgIpc) is 2.83. The van der Waals surface area contributed by atoms with Crippen molar-refractivity contribution in [2.45, 2.75) is 0 Å². The Labute approximate surface area is 104 Å². The van der Waals surface area contributed by atoms with E-state index < -0.39 is 0 Å². The first-order chi connectivity index (χ1) is 8.13. The predicted octanol–water partition coefficient (Wildman–Crippen LogP) is 0.854. The van der Waals surface area contributed by atoms with Gasteiger partial charge in [-0.05, 0) is 0 Å². The molecule has 0 aliphatic carbocycles. The molecule has 1 N–H and O–H groups in total. The largest absolute Gasteiger partial charge is 0.481 e. The summed E-state index contributed by atoms with van der Waals surface area (Å²) >= 11 is 1.74. The minimum atomic E-state index is -0.111. The summed E-state index contributed by atoms with van der Waals surface area (Å²) in [7, 11) is 5.21. The van der Waals surface area contributed by atoms with Crippen molar-refractivity contribution in [2.24, 2.45) is 7.05 Å². The first-order valence-corrected chi connectivity index (χ1v) is 6.25. The zero-order valence-corrected chi connectivity index (χ0v) is 10.9. The average molecular weight is 253 g/mol. The highest BCUT2D eigenvalue weighted by atomic mass is 32.2. The fourth-order valence-corrected chi connectivity index (χ4v) is 2.61. The number of hydrogen-bond donors (Lipinski definition) is 1. The number of aryl methyl sites for hydroxylation is 1. The van der Waals surface area contributed by atoms with Crippen LogP contribution in [0.15, 0.2) is 15.6 Å². The van der Waals surface area contributed by atoms with Gasteiger partial charge in [0.1, 0.15) is 10.6 Å². The number of aromatic nitrogens is 2. The van der Waals surface area contributed by atoms with Gasteiger partial charge in [-0.15, -0.1) is 0 Å². The highest BCUT2D eigenvalue weighted by molar-refractivity contribution is 8.03. The Balaban J connectivity index is 2.42. The van der Waals surface area contributed by atoms with Crippen LogP contribution in [0.25, 0.3) is 6.08 Å². The third-order valence-corrected chi connectivity index (χ3v) is 3.69. The van der Waals surface area contributed by atoms with Gasteiger partial charge in [-0.25, -0.2) is 0 Å². The van der Waals surface area contributed by atoms with E-state index in [0.29, 0.717) is 11.4 Å². The number of nitrogens with one attached hydrogen (secondary N) is 1. The van der Waals surface area contributed by atoms with Crippen molar-refractivity contribution in [3.05, 3.63) is 26.7 Å². The Kier molecular flexibility index (Phi) is 3.36. The summed E-state index contributed by atoms with van der Waals surface area (Å²) in [6, 6.07) is 0. The number of methoxy groups -OCH3 is 1. The van der Waals surface area contributed by atoms with E-state index in [9.17, 15) is 4.79 Å². The molecule has 6 heteroatoms. The lowest BCUT2D eigenvalue weighted by Gasteiger charge is -2.07. The molecular weight excluding hydrogens is 238 g/mol. The SMILES string of the molecule is COc1[nH]n(C)c(=O)c1C=C=C1SCCN1C. The first kappa shape index (κ1) is 12.0. The molecule has 1 saturated heterocycles. The third kappa shape index (κ3) is 2.28. The van der Waals surface area contributed by atoms with Gasteiger partial charge in [-0.1, -0.05) is 17.5 Å². The monoisotopic (exact) mass is 253 g/mol. The van der Waals surface area contributed by atoms with Crippen molar-refractivity contribution < 1.29 is 4.74 Å². The summed E-state index contributed by atoms with van der Waals surface area (Å²) in [4.78, 5) is 13.9. The van der Waals surface area contributed by atoms with Crippen molar-refractivity contribution in [3.8, 4) is 5.88 Å². The van der Waals surface area contributed by atoms with E-state index in [1.807, 2.05) is 7.05 Å². The number of hydrogen-bond acceptors (Lipinski definition) is 4. The van der Waals surface area contributed by atoms with Crippen molar-refractivity contribution in [1.82, 2.24) is 14.7 Å². The van der Waals surface area contributed by atoms with Crippen LogP contribution in [-0.4, -0.2) is 41.1 Å². The van der Waals surface area contributed by atoms with E-state index in [1.165, 1.54) is 11.8 Å². The summed E-state index contributed by atoms with van der Waals surface area (Å²) < 4.78 is 6.50. The van der Waals surface area contributed by atoms with Gasteiger partial charge < -0.3 is 9.64 Å². The molecule has 0 radical (unpaired) electrons. The Hall–Kier alpha value is -1.52. The summed E-state index contributed by atoms with van der Waals surface area (Å²) in [5.74, 6) is 1.53. The van der Waals surface area contributed by atoms with Crippen LogP contribution >= 0.6 is 11.8 Å². The number of rotatable bonds is 2. The highest BCUT2D eigenvalue weighted by Crippen LogP contribution is 2.25. The molecular formula is C11H15N3O2S. The maximum Gasteiger partial charge on any atom is 0.278 e. The van der Waals surface area contributed by atoms with E-state index in [4.69, 9.17) is 4.74 Å². The molecule has 92 valence electrons. The second-order valence-electron chi connectivity index (χ2n) is 3.79. The molecule has 1 aliphatic heterocycles. The number of thioether (sulfide) groups is 1. The van der Waals surface area contributed by atoms with Crippen LogP contribution in [0.4, 0.5) is 0 Å². The predicted molar refractivity (Wildman–Crippen MR) is 69.2 cm³/mol. The van der Waals surface area contributed by atoms with Gasteiger partial charge in [0.05, 0.1) is 7.11 Å². The lowest BCUT2D eigenvalue weighted by Crippen LogP contribution is -2.13. The second-order valence-corrected chi connectivity index (χ2v) is 4.87. The van der Waals surface area contributed by atoms with Crippen LogP contribution in [0.5, 0.6) is 5.88 Å². The summed E-state index contributed by atoms with van der Waals surface area (Å²) in [6.07, 6.45) is 1.68. The Morgan fingerprint density at radius 1 is 1.53 bits per heavy atom. The summed E-state index contributed by atoms with van der Waals surface area (Å²) in [5.41, 5.74) is 3.54. The van der Waals surface area contributed by atoms with Crippen molar-refractivity contribution >= 4 is 17.8 Å². The third-order valence-electron chi connectivity index (χ3n) is 2.61. The van der Waals surface area contributed by atoms with Crippen LogP contribution in [0, 0.1) is 0 Å². The number of nitrogens with zero attached hydrogens (tertiary/aromatic N) is 2. The van der Waals surface area contributed by atoms with Crippen LogP contribution in [0.3, 0.4) is 0 Å². The normalized spacial score (nSPS) is 15.0. The highest BCUT2D eigenvalue weighted by Gasteiger charge is 2.13. The van der Waals surface area contributed by atoms with Crippen LogP contribution in [0.1, 0.15) is 5.56 Å². The number of ether oxygens (including phenoxy) is 1. The van der Waals surface area contributed by atoms with E-state index in [0.717, 1.165) is 17.3 Å². The zero-order chi connectivity index (χ0) is 12.4. The molecule has 5 nitrogen and oxygen atoms in total. The Bertz CT molecular complexity index is 537. The molecule has 1 aromatic rings. The second kappa shape index (κ2) is 4.77. The van der Waals surface area contributed by atoms with E-state index >= 15 is 0 Å². The van der Waals surface area contributed by atoms with Crippen molar-refractivity contribution in [1.29, 1.82) is 0 Å². The molecule has 0 amide bonds. The standard InChI is InChI=1S/C11H15N3O2S/c1-13-6-7-17-9(13)5-4-8-10(16-3)12-14(2)11(8)15/h4,12H,6-7H2,1-3H3. The van der Waals surface area contributed by atoms with E-state index in [1.54, 1.807) is 24.9 Å². The summed E-state index contributed by atoms with van der Waals surface area (Å²) in [6.45, 7) is 1.02. The molecule has 17 heavy (non-hydrogen) atoms. The zero-order valence-electron chi connectivity index (χ0n) is 10.1. The molecule has 0 aromatic carbocycles. The maximum absolute atomic E-state index is 11.8. The number of H-pyrrole nitrogens is 1. The minimum Gasteiger partial charge on any atom is -0.481 e. The molecule has 0 bridgehead atoms. The lowest BCUT2D eigenvalue weighted by atomic mass is 10.3. The van der Waals surface area contributed by atoms with E-state index in [2.05, 4.69) is 15.7 Å². The molecule has 2 heterocycles. The van der Waals surface area contributed by atoms with Crippen LogP contribution < -0.4 is 10.3 Å². The summed E-state index contributed by atoms with van der Waals surface area (Å²) in [5, 5.41) is 3.88. The smallest absolute Gasteiger partial charge is 0.278 e. The topological polar surface area (TPSA) is 50.3 Å². The number of aromatic amines is 1. The molecule has 0 atom stereocenters. The molecule has 0 saturated carbocycles. The first-order valence-electron chi connectivity index (χ1n) is 5.27. The molecule has 2 rings (SSSR count). The van der Waals surface area contributed by atoms with Gasteiger partial charge in [0.2, 0.25) is 5.88 Å². The van der Waals surface area contributed by atoms with Gasteiger partial charge in [0.15, 0.2) is 0 Å². The van der Waals surface area contributed by atoms with Crippen molar-refractivity contribution in [2.75, 3.05) is 26.5 Å². The molecule has 1 aromatic heterocycles. The quantitative estimate of drug-likeness (QED) is 0.794. The van der Waals surface area contributed by atoms with Gasteiger partial charge in [0.25, 0.3) is 5.56 Å².